The van der Waals surface area contributed by atoms with Crippen LogP contribution in [-0.2, 0) is 6.42 Å². The topological polar surface area (TPSA) is 12.9 Å². The van der Waals surface area contributed by atoms with Gasteiger partial charge in [-0.3, -0.25) is 4.98 Å². The summed E-state index contributed by atoms with van der Waals surface area (Å²) in [6.07, 6.45) is 5.05. The van der Waals surface area contributed by atoms with Crippen LogP contribution in [0.5, 0.6) is 0 Å². The number of pyridine rings is 1. The average Bonchev–Trinajstić information content (AvgIpc) is 1.99. The molecule has 0 aromatic carbocycles. The maximum atomic E-state index is 12.9. The molecule has 0 aliphatic carbocycles. The Labute approximate surface area is 99.1 Å². The standard InChI is InChI=1S/C13H20FN.CH4/c1-10(7-13(2,3)4)5-11-6-12(14)9-15-8-11;/h6,8-10H,5,7H2,1-4H3;1H4. The van der Waals surface area contributed by atoms with Gasteiger partial charge in [0.15, 0.2) is 0 Å². The highest BCUT2D eigenvalue weighted by Crippen LogP contribution is 2.26. The van der Waals surface area contributed by atoms with Crippen LogP contribution >= 0.6 is 0 Å². The van der Waals surface area contributed by atoms with E-state index in [2.05, 4.69) is 32.7 Å². The lowest BCUT2D eigenvalue weighted by Gasteiger charge is -2.23. The van der Waals surface area contributed by atoms with Gasteiger partial charge in [0.2, 0.25) is 0 Å². The second-order valence-corrected chi connectivity index (χ2v) is 5.59. The molecular weight excluding hydrogens is 201 g/mol. The SMILES string of the molecule is C.CC(Cc1cncc(F)c1)CC(C)(C)C. The normalized spacial score (nSPS) is 13.1. The third-order valence-electron chi connectivity index (χ3n) is 2.31. The molecule has 16 heavy (non-hydrogen) atoms. The van der Waals surface area contributed by atoms with Crippen LogP contribution < -0.4 is 0 Å². The van der Waals surface area contributed by atoms with Crippen LogP contribution in [0.1, 0.15) is 47.1 Å². The van der Waals surface area contributed by atoms with E-state index in [0.29, 0.717) is 11.3 Å². The van der Waals surface area contributed by atoms with Crippen molar-refractivity contribution in [3.05, 3.63) is 29.8 Å². The highest BCUT2D eigenvalue weighted by molar-refractivity contribution is 5.10. The van der Waals surface area contributed by atoms with Crippen molar-refractivity contribution in [3.63, 3.8) is 0 Å². The zero-order chi connectivity index (χ0) is 11.5. The van der Waals surface area contributed by atoms with E-state index in [9.17, 15) is 4.39 Å². The van der Waals surface area contributed by atoms with E-state index in [1.54, 1.807) is 12.3 Å². The predicted octanol–water partition coefficient (Wildman–Crippen LogP) is 4.47. The summed E-state index contributed by atoms with van der Waals surface area (Å²) in [6, 6.07) is 1.58. The van der Waals surface area contributed by atoms with Crippen LogP contribution in [-0.4, -0.2) is 4.98 Å². The lowest BCUT2D eigenvalue weighted by molar-refractivity contribution is 0.306. The third-order valence-corrected chi connectivity index (χ3v) is 2.31. The maximum absolute atomic E-state index is 12.9. The van der Waals surface area contributed by atoms with E-state index in [0.717, 1.165) is 18.4 Å². The quantitative estimate of drug-likeness (QED) is 0.739. The largest absolute Gasteiger partial charge is 0.261 e. The summed E-state index contributed by atoms with van der Waals surface area (Å²) in [6.45, 7) is 8.89. The highest BCUT2D eigenvalue weighted by atomic mass is 19.1. The van der Waals surface area contributed by atoms with Crippen molar-refractivity contribution >= 4 is 0 Å². The fraction of sp³-hybridized carbons (Fsp3) is 0.643. The van der Waals surface area contributed by atoms with Crippen LogP contribution in [0.25, 0.3) is 0 Å². The summed E-state index contributed by atoms with van der Waals surface area (Å²) in [4.78, 5) is 3.86. The fourth-order valence-electron chi connectivity index (χ4n) is 2.09. The van der Waals surface area contributed by atoms with E-state index in [4.69, 9.17) is 0 Å². The summed E-state index contributed by atoms with van der Waals surface area (Å²) < 4.78 is 12.9. The molecular formula is C14H24FN. The average molecular weight is 225 g/mol. The second-order valence-electron chi connectivity index (χ2n) is 5.59. The molecule has 1 atom stereocenters. The number of hydrogen-bond acceptors (Lipinski definition) is 1. The molecule has 0 aliphatic rings. The van der Waals surface area contributed by atoms with Crippen LogP contribution in [0.3, 0.4) is 0 Å². The van der Waals surface area contributed by atoms with Gasteiger partial charge in [0, 0.05) is 6.20 Å². The Hall–Kier alpha value is -0.920. The van der Waals surface area contributed by atoms with Crippen molar-refractivity contribution in [1.82, 2.24) is 4.98 Å². The van der Waals surface area contributed by atoms with Gasteiger partial charge in [-0.1, -0.05) is 35.1 Å². The first-order valence-corrected chi connectivity index (χ1v) is 5.46. The summed E-state index contributed by atoms with van der Waals surface area (Å²) >= 11 is 0. The van der Waals surface area contributed by atoms with Crippen LogP contribution in [0.4, 0.5) is 4.39 Å². The molecule has 1 nitrogen and oxygen atoms in total. The molecule has 0 saturated carbocycles. The number of halogens is 1. The van der Waals surface area contributed by atoms with Crippen molar-refractivity contribution < 1.29 is 4.39 Å². The zero-order valence-corrected chi connectivity index (χ0v) is 10.0. The molecule has 0 fully saturated rings. The van der Waals surface area contributed by atoms with E-state index < -0.39 is 0 Å². The molecule has 0 bridgehead atoms. The van der Waals surface area contributed by atoms with Crippen molar-refractivity contribution in [1.29, 1.82) is 0 Å². The Morgan fingerprint density at radius 3 is 2.44 bits per heavy atom. The van der Waals surface area contributed by atoms with E-state index >= 15 is 0 Å². The van der Waals surface area contributed by atoms with E-state index in [1.165, 1.54) is 6.20 Å². The second kappa shape index (κ2) is 5.97. The van der Waals surface area contributed by atoms with Crippen molar-refractivity contribution in [2.45, 2.75) is 48.0 Å². The molecule has 0 saturated heterocycles. The van der Waals surface area contributed by atoms with Crippen molar-refractivity contribution in [2.75, 3.05) is 0 Å². The van der Waals surface area contributed by atoms with Gasteiger partial charge >= 0.3 is 0 Å². The number of nitrogens with zero attached hydrogens (tertiary/aromatic N) is 1. The molecule has 92 valence electrons. The van der Waals surface area contributed by atoms with E-state index in [-0.39, 0.29) is 13.2 Å². The summed E-state index contributed by atoms with van der Waals surface area (Å²) in [7, 11) is 0. The Kier molecular flexibility index (Phi) is 5.63. The smallest absolute Gasteiger partial charge is 0.141 e. The first-order valence-electron chi connectivity index (χ1n) is 5.46. The summed E-state index contributed by atoms with van der Waals surface area (Å²) in [5.74, 6) is 0.323. The molecule has 0 radical (unpaired) electrons. The van der Waals surface area contributed by atoms with E-state index in [1.807, 2.05) is 0 Å². The maximum Gasteiger partial charge on any atom is 0.141 e. The first kappa shape index (κ1) is 15.1. The minimum atomic E-state index is -0.240. The Balaban J connectivity index is 0.00000225. The van der Waals surface area contributed by atoms with Crippen molar-refractivity contribution in [3.8, 4) is 0 Å². The van der Waals surface area contributed by atoms with Crippen LogP contribution in [0.15, 0.2) is 18.5 Å². The minimum absolute atomic E-state index is 0. The van der Waals surface area contributed by atoms with Crippen molar-refractivity contribution in [2.24, 2.45) is 11.3 Å². The van der Waals surface area contributed by atoms with Gasteiger partial charge in [-0.15, -0.1) is 0 Å². The number of aromatic nitrogens is 1. The van der Waals surface area contributed by atoms with Gasteiger partial charge in [0.25, 0.3) is 0 Å². The first-order chi connectivity index (χ1) is 6.87. The molecule has 0 spiro atoms. The minimum Gasteiger partial charge on any atom is -0.261 e. The lowest BCUT2D eigenvalue weighted by Crippen LogP contribution is -2.12. The summed E-state index contributed by atoms with van der Waals surface area (Å²) in [5, 5.41) is 0. The molecule has 0 N–H and O–H groups in total. The number of hydrogen-bond donors (Lipinski definition) is 0. The third kappa shape index (κ3) is 5.84. The van der Waals surface area contributed by atoms with Gasteiger partial charge in [-0.2, -0.15) is 0 Å². The molecule has 0 aliphatic heterocycles. The lowest BCUT2D eigenvalue weighted by atomic mass is 9.83. The zero-order valence-electron chi connectivity index (χ0n) is 10.0. The molecule has 1 aromatic heterocycles. The van der Waals surface area contributed by atoms with Crippen LogP contribution in [0, 0.1) is 17.2 Å². The molecule has 1 unspecified atom stereocenters. The molecule has 0 amide bonds. The predicted molar refractivity (Wildman–Crippen MR) is 67.9 cm³/mol. The van der Waals surface area contributed by atoms with Gasteiger partial charge in [0.05, 0.1) is 6.20 Å². The highest BCUT2D eigenvalue weighted by Gasteiger charge is 2.15. The Morgan fingerprint density at radius 1 is 1.31 bits per heavy atom. The summed E-state index contributed by atoms with van der Waals surface area (Å²) in [5.41, 5.74) is 1.33. The van der Waals surface area contributed by atoms with Gasteiger partial charge in [-0.05, 0) is 35.8 Å². The fourth-order valence-corrected chi connectivity index (χ4v) is 2.09. The van der Waals surface area contributed by atoms with Gasteiger partial charge < -0.3 is 0 Å². The molecule has 1 heterocycles. The Bertz CT molecular complexity index is 315. The Morgan fingerprint density at radius 2 is 1.94 bits per heavy atom. The number of rotatable bonds is 3. The molecule has 1 aromatic rings. The van der Waals surface area contributed by atoms with Gasteiger partial charge in [-0.25, -0.2) is 4.39 Å². The van der Waals surface area contributed by atoms with Crippen LogP contribution in [0.2, 0.25) is 0 Å². The van der Waals surface area contributed by atoms with Gasteiger partial charge in [0.1, 0.15) is 5.82 Å². The molecule has 2 heteroatoms. The molecule has 1 rings (SSSR count). The monoisotopic (exact) mass is 225 g/mol.